The summed E-state index contributed by atoms with van der Waals surface area (Å²) in [6.45, 7) is 1.82. The average Bonchev–Trinajstić information content (AvgIpc) is 2.97. The molecule has 0 radical (unpaired) electrons. The molecule has 0 saturated carbocycles. The van der Waals surface area contributed by atoms with Crippen LogP contribution in [0.4, 0.5) is 23.3 Å². The lowest BCUT2D eigenvalue weighted by Gasteiger charge is -2.34. The van der Waals surface area contributed by atoms with Crippen LogP contribution < -0.4 is 16.0 Å². The van der Waals surface area contributed by atoms with Crippen molar-refractivity contribution in [3.8, 4) is 11.1 Å². The highest BCUT2D eigenvalue weighted by Crippen LogP contribution is 2.31. The Morgan fingerprint density at radius 3 is 2.34 bits per heavy atom. The normalized spacial score (nSPS) is 14.3. The summed E-state index contributed by atoms with van der Waals surface area (Å²) in [5.41, 5.74) is 9.48. The van der Waals surface area contributed by atoms with Gasteiger partial charge in [0.05, 0.1) is 10.4 Å². The van der Waals surface area contributed by atoms with Crippen LogP contribution in [0.25, 0.3) is 22.0 Å². The first kappa shape index (κ1) is 27.4. The van der Waals surface area contributed by atoms with E-state index in [1.165, 1.54) is 16.4 Å². The minimum atomic E-state index is -3.57. The standard InChI is InChI=1S/C29H25BrClN7O2S/c30-21-2-1-3-23(17-21)34-28-25-16-19(4-10-26(25)35-29(32)36-28)20-5-11-27(33-18-20)37-12-14-38(15-13-37)41(39,40)24-8-6-22(31)7-9-24/h1-11,16-18H,12-15H2,(H3,32,34,35,36). The molecule has 208 valence electrons. The zero-order valence-electron chi connectivity index (χ0n) is 21.7. The fraction of sp³-hybridized carbons (Fsp3) is 0.138. The summed E-state index contributed by atoms with van der Waals surface area (Å²) in [7, 11) is -3.57. The van der Waals surface area contributed by atoms with Gasteiger partial charge in [-0.05, 0) is 72.3 Å². The Balaban J connectivity index is 1.19. The van der Waals surface area contributed by atoms with Crippen LogP contribution in [0.3, 0.4) is 0 Å². The minimum absolute atomic E-state index is 0.190. The number of sulfonamides is 1. The van der Waals surface area contributed by atoms with Crippen molar-refractivity contribution >= 4 is 71.7 Å². The number of pyridine rings is 1. The van der Waals surface area contributed by atoms with Gasteiger partial charge in [-0.2, -0.15) is 9.29 Å². The number of nitrogens with zero attached hydrogens (tertiary/aromatic N) is 5. The van der Waals surface area contributed by atoms with Gasteiger partial charge < -0.3 is 16.0 Å². The molecule has 12 heteroatoms. The highest BCUT2D eigenvalue weighted by Gasteiger charge is 2.29. The van der Waals surface area contributed by atoms with Crippen molar-refractivity contribution in [1.82, 2.24) is 19.3 Å². The topological polar surface area (TPSA) is 117 Å². The predicted octanol–water partition coefficient (Wildman–Crippen LogP) is 5.94. The molecule has 5 aromatic rings. The summed E-state index contributed by atoms with van der Waals surface area (Å²) >= 11 is 9.42. The van der Waals surface area contributed by atoms with Gasteiger partial charge in [-0.15, -0.1) is 0 Å². The number of nitrogens with two attached hydrogens (primary N) is 1. The lowest BCUT2D eigenvalue weighted by molar-refractivity contribution is 0.384. The summed E-state index contributed by atoms with van der Waals surface area (Å²) in [4.78, 5) is 15.9. The van der Waals surface area contributed by atoms with Crippen LogP contribution in [0.5, 0.6) is 0 Å². The highest BCUT2D eigenvalue weighted by molar-refractivity contribution is 9.10. The average molecular weight is 651 g/mol. The Kier molecular flexibility index (Phi) is 7.52. The summed E-state index contributed by atoms with van der Waals surface area (Å²) < 4.78 is 28.5. The number of benzene rings is 3. The molecule has 0 bridgehead atoms. The Morgan fingerprint density at radius 1 is 0.878 bits per heavy atom. The number of fused-ring (bicyclic) bond motifs is 1. The number of rotatable bonds is 6. The predicted molar refractivity (Wildman–Crippen MR) is 167 cm³/mol. The Hall–Kier alpha value is -3.77. The Bertz CT molecular complexity index is 1830. The number of hydrogen-bond donors (Lipinski definition) is 2. The molecule has 2 aromatic heterocycles. The second kappa shape index (κ2) is 11.2. The number of anilines is 4. The first-order valence-electron chi connectivity index (χ1n) is 12.8. The summed E-state index contributed by atoms with van der Waals surface area (Å²) in [6.07, 6.45) is 1.83. The van der Waals surface area contributed by atoms with Gasteiger partial charge in [-0.1, -0.05) is 39.7 Å². The maximum Gasteiger partial charge on any atom is 0.243 e. The summed E-state index contributed by atoms with van der Waals surface area (Å²) in [5, 5.41) is 4.68. The number of halogens is 2. The van der Waals surface area contributed by atoms with Gasteiger partial charge in [-0.25, -0.2) is 18.4 Å². The van der Waals surface area contributed by atoms with Crippen LogP contribution in [0.1, 0.15) is 0 Å². The van der Waals surface area contributed by atoms with Gasteiger partial charge in [-0.3, -0.25) is 0 Å². The zero-order valence-corrected chi connectivity index (χ0v) is 24.9. The molecule has 0 amide bonds. The van der Waals surface area contributed by atoms with Gasteiger partial charge in [0.25, 0.3) is 0 Å². The van der Waals surface area contributed by atoms with E-state index in [-0.39, 0.29) is 10.8 Å². The molecule has 3 aromatic carbocycles. The SMILES string of the molecule is Nc1nc(Nc2cccc(Br)c2)c2cc(-c3ccc(N4CCN(S(=O)(=O)c5ccc(Cl)cc5)CC4)nc3)ccc2n1. The van der Waals surface area contributed by atoms with Crippen molar-refractivity contribution in [2.75, 3.05) is 42.1 Å². The molecule has 1 fully saturated rings. The molecule has 1 saturated heterocycles. The lowest BCUT2D eigenvalue weighted by atomic mass is 10.0. The molecule has 0 unspecified atom stereocenters. The van der Waals surface area contributed by atoms with Crippen molar-refractivity contribution in [1.29, 1.82) is 0 Å². The first-order chi connectivity index (χ1) is 19.8. The number of aromatic nitrogens is 3. The quantitative estimate of drug-likeness (QED) is 0.232. The maximum absolute atomic E-state index is 13.0. The zero-order chi connectivity index (χ0) is 28.6. The third-order valence-corrected chi connectivity index (χ3v) is 9.55. The van der Waals surface area contributed by atoms with Crippen molar-refractivity contribution < 1.29 is 8.42 Å². The van der Waals surface area contributed by atoms with E-state index in [4.69, 9.17) is 22.3 Å². The van der Waals surface area contributed by atoms with E-state index in [2.05, 4.69) is 36.1 Å². The van der Waals surface area contributed by atoms with Crippen molar-refractivity contribution in [3.63, 3.8) is 0 Å². The molecule has 6 rings (SSSR count). The van der Waals surface area contributed by atoms with Crippen LogP contribution in [-0.2, 0) is 10.0 Å². The van der Waals surface area contributed by atoms with Crippen molar-refractivity contribution in [2.45, 2.75) is 4.90 Å². The number of piperazine rings is 1. The molecule has 0 atom stereocenters. The number of hydrogen-bond acceptors (Lipinski definition) is 8. The van der Waals surface area contributed by atoms with E-state index in [1.54, 1.807) is 12.1 Å². The van der Waals surface area contributed by atoms with Crippen molar-refractivity contribution in [3.05, 3.63) is 94.6 Å². The van der Waals surface area contributed by atoms with Gasteiger partial charge in [0.15, 0.2) is 0 Å². The molecule has 3 N–H and O–H groups in total. The van der Waals surface area contributed by atoms with E-state index in [0.29, 0.717) is 37.0 Å². The van der Waals surface area contributed by atoms with E-state index in [0.717, 1.165) is 38.0 Å². The fourth-order valence-electron chi connectivity index (χ4n) is 4.78. The van der Waals surface area contributed by atoms with Crippen LogP contribution >= 0.6 is 27.5 Å². The second-order valence-electron chi connectivity index (χ2n) is 9.55. The van der Waals surface area contributed by atoms with Gasteiger partial charge in [0, 0.05) is 58.5 Å². The fourth-order valence-corrected chi connectivity index (χ4v) is 6.73. The van der Waals surface area contributed by atoms with E-state index >= 15 is 0 Å². The first-order valence-corrected chi connectivity index (χ1v) is 15.4. The van der Waals surface area contributed by atoms with Crippen LogP contribution in [-0.4, -0.2) is 53.9 Å². The second-order valence-corrected chi connectivity index (χ2v) is 12.8. The molecule has 41 heavy (non-hydrogen) atoms. The maximum atomic E-state index is 13.0. The molecule has 1 aliphatic heterocycles. The molecule has 0 aliphatic carbocycles. The molecule has 3 heterocycles. The van der Waals surface area contributed by atoms with Gasteiger partial charge in [0.2, 0.25) is 16.0 Å². The Labute approximate surface area is 251 Å². The lowest BCUT2D eigenvalue weighted by Crippen LogP contribution is -2.48. The van der Waals surface area contributed by atoms with E-state index in [1.807, 2.05) is 60.8 Å². The van der Waals surface area contributed by atoms with Crippen LogP contribution in [0.15, 0.2) is 94.4 Å². The number of nitrogens with one attached hydrogen (secondary N) is 1. The smallest absolute Gasteiger partial charge is 0.243 e. The third kappa shape index (κ3) is 5.84. The molecule has 9 nitrogen and oxygen atoms in total. The van der Waals surface area contributed by atoms with Gasteiger partial charge in [0.1, 0.15) is 11.6 Å². The van der Waals surface area contributed by atoms with Crippen LogP contribution in [0, 0.1) is 0 Å². The monoisotopic (exact) mass is 649 g/mol. The molecular weight excluding hydrogens is 626 g/mol. The molecule has 0 spiro atoms. The van der Waals surface area contributed by atoms with Crippen LogP contribution in [0.2, 0.25) is 5.02 Å². The largest absolute Gasteiger partial charge is 0.368 e. The summed E-state index contributed by atoms with van der Waals surface area (Å²) in [5.74, 6) is 1.60. The van der Waals surface area contributed by atoms with Gasteiger partial charge >= 0.3 is 0 Å². The Morgan fingerprint density at radius 2 is 1.63 bits per heavy atom. The molecular formula is C29H25BrClN7O2S. The third-order valence-electron chi connectivity index (χ3n) is 6.90. The van der Waals surface area contributed by atoms with E-state index < -0.39 is 10.0 Å². The van der Waals surface area contributed by atoms with E-state index in [9.17, 15) is 8.42 Å². The minimum Gasteiger partial charge on any atom is -0.368 e. The number of nitrogen functional groups attached to an aromatic ring is 1. The highest BCUT2D eigenvalue weighted by atomic mass is 79.9. The summed E-state index contributed by atoms with van der Waals surface area (Å²) in [6, 6.07) is 24.0. The van der Waals surface area contributed by atoms with Crippen molar-refractivity contribution in [2.24, 2.45) is 0 Å². The molecule has 1 aliphatic rings.